The lowest BCUT2D eigenvalue weighted by atomic mass is 9.97. The molecule has 1 aromatic carbocycles. The fourth-order valence-electron chi connectivity index (χ4n) is 11.3. The molecule has 19 amide bonds. The third kappa shape index (κ3) is 40.6. The van der Waals surface area contributed by atoms with Gasteiger partial charge in [0.25, 0.3) is 0 Å². The molecule has 0 spiro atoms. The highest BCUT2D eigenvalue weighted by Crippen LogP contribution is 2.16. The number of hydrogen-bond acceptors (Lipinski definition) is 33. The minimum atomic E-state index is -2.12. The molecular formula is C74H121N23O32S. The highest BCUT2D eigenvalue weighted by atomic mass is 32.1. The minimum Gasteiger partial charge on any atom is -0.508 e. The van der Waals surface area contributed by atoms with Crippen molar-refractivity contribution in [1.29, 1.82) is 5.41 Å². The van der Waals surface area contributed by atoms with Crippen molar-refractivity contribution in [3.05, 3.63) is 29.8 Å². The van der Waals surface area contributed by atoms with Crippen molar-refractivity contribution in [2.24, 2.45) is 40.7 Å². The Morgan fingerprint density at radius 3 is 1.10 bits per heavy atom. The van der Waals surface area contributed by atoms with Gasteiger partial charge in [0.15, 0.2) is 5.96 Å². The van der Waals surface area contributed by atoms with Gasteiger partial charge in [0, 0.05) is 25.1 Å². The summed E-state index contributed by atoms with van der Waals surface area (Å²) in [6.07, 6.45) is -5.89. The molecule has 0 saturated heterocycles. The summed E-state index contributed by atoms with van der Waals surface area (Å²) in [5.74, 6) is -30.6. The van der Waals surface area contributed by atoms with Crippen molar-refractivity contribution in [2.45, 2.75) is 209 Å². The first-order valence-electron chi connectivity index (χ1n) is 40.2. The molecule has 56 heteroatoms. The first-order chi connectivity index (χ1) is 60.9. The van der Waals surface area contributed by atoms with Crippen molar-refractivity contribution >= 4 is 143 Å². The quantitative estimate of drug-likeness (QED) is 0.0125. The molecule has 0 aromatic heterocycles. The normalized spacial score (nSPS) is 15.5. The number of carboxylic acid groups (broad SMARTS) is 2. The number of phenols is 1. The lowest BCUT2D eigenvalue weighted by Crippen LogP contribution is -2.63. The van der Waals surface area contributed by atoms with Crippen LogP contribution in [0.1, 0.15) is 99.0 Å². The van der Waals surface area contributed by atoms with E-state index in [1.54, 1.807) is 0 Å². The number of primary amides is 2. The van der Waals surface area contributed by atoms with Crippen molar-refractivity contribution in [3.8, 4) is 5.75 Å². The molecule has 0 fully saturated rings. The maximum Gasteiger partial charge on any atom is 0.326 e. The van der Waals surface area contributed by atoms with Crippen LogP contribution < -0.4 is 119 Å². The Morgan fingerprint density at radius 2 is 0.715 bits per heavy atom. The molecule has 38 N–H and O–H groups in total. The molecule has 55 nitrogen and oxygen atoms in total. The predicted octanol–water partition coefficient (Wildman–Crippen LogP) is -17.3. The standard InChI is InChI=1S/C74H121N23O32S/c1-8-32(6)55(71(126)91-45(26-102)65(120)89-46(27-103)66(121)95-54(31(4)5)70(125)96-53(30(2)3)69(124)90-43(24-100)63(118)82-37(10-9-17-80-74(78)79)59(114)83-38(73(128)129)15-16-52(110)111)97-67(122)47(28-104)88-62(117)40(19-49(76)107)85-60(115)39(18-34-11-13-35(106)14-12-34)84-64(119)44(25-101)92-72(127)56(33(7)105)94-51(109)21-81-58(113)42(23-99)87-61(116)41(20-50(77)108)86-68(123)48(29-130)93-57(112)36(75)22-98/h11-14,30-33,36-48,53-56,98-106,130H,8-10,15-29,75H2,1-7H3,(H2,76,107)(H2,77,108)(H,81,113)(H,82,118)(H,83,114)(H,84,119)(H,85,115)(H,86,123)(H,87,116)(H,88,117)(H,89,120)(H,90,124)(H,91,126)(H,92,127)(H,93,112)(H,94,109)(H,95,121)(H,96,125)(H,97,122)(H,110,111)(H,128,129)(H4,78,79,80)/t32-,33+,36-,37-,38-,39-,40-,41-,42-,43-,44-,45-,46-,47-,48-,53-,54-,55-,56-/m0/s1. The number of benzene rings is 1. The van der Waals surface area contributed by atoms with E-state index in [4.69, 9.17) is 33.5 Å². The Morgan fingerprint density at radius 1 is 0.385 bits per heavy atom. The van der Waals surface area contributed by atoms with Gasteiger partial charge in [0.05, 0.1) is 71.7 Å². The first kappa shape index (κ1) is 115. The van der Waals surface area contributed by atoms with Gasteiger partial charge in [-0.25, -0.2) is 4.79 Å². The number of aromatic hydroxyl groups is 1. The second kappa shape index (κ2) is 58.6. The Labute approximate surface area is 747 Å². The van der Waals surface area contributed by atoms with E-state index < -0.39 is 347 Å². The number of amides is 19. The summed E-state index contributed by atoms with van der Waals surface area (Å²) in [6.45, 7) is 0.301. The van der Waals surface area contributed by atoms with Crippen LogP contribution in [0.15, 0.2) is 24.3 Å². The summed E-state index contributed by atoms with van der Waals surface area (Å²) in [4.78, 5) is 279. The highest BCUT2D eigenvalue weighted by Gasteiger charge is 2.41. The summed E-state index contributed by atoms with van der Waals surface area (Å²) < 4.78 is 0. The van der Waals surface area contributed by atoms with Gasteiger partial charge in [-0.3, -0.25) is 101 Å². The zero-order valence-electron chi connectivity index (χ0n) is 71.9. The van der Waals surface area contributed by atoms with Crippen LogP contribution in [0.3, 0.4) is 0 Å². The number of aliphatic carboxylic acids is 2. The van der Waals surface area contributed by atoms with E-state index in [1.807, 2.05) is 21.3 Å². The maximum atomic E-state index is 14.3. The maximum absolute atomic E-state index is 14.3. The van der Waals surface area contributed by atoms with Crippen molar-refractivity contribution < 1.29 is 157 Å². The smallest absolute Gasteiger partial charge is 0.326 e. The topological polar surface area (TPSA) is 925 Å². The number of hydrogen-bond donors (Lipinski definition) is 35. The molecule has 0 bridgehead atoms. The van der Waals surface area contributed by atoms with Crippen molar-refractivity contribution in [2.75, 3.05) is 65.1 Å². The van der Waals surface area contributed by atoms with Crippen LogP contribution in [0.25, 0.3) is 0 Å². The van der Waals surface area contributed by atoms with E-state index in [9.17, 15) is 152 Å². The monoisotopic (exact) mass is 1880 g/mol. The second-order valence-corrected chi connectivity index (χ2v) is 30.5. The average molecular weight is 1880 g/mol. The van der Waals surface area contributed by atoms with Gasteiger partial charge >= 0.3 is 11.9 Å². The minimum absolute atomic E-state index is 0.00521. The SMILES string of the molecule is CC[C@H](C)[C@H](NC(=O)[C@H](CO)NC(=O)[C@H](CC(N)=O)NC(=O)[C@H](Cc1ccc(O)cc1)NC(=O)[C@H](CO)NC(=O)[C@@H](NC(=O)CNC(=O)[C@H](CO)NC(=O)[C@H](CC(N)=O)NC(=O)[C@H](CS)NC(=O)[C@@H](N)CO)[C@@H](C)O)C(=O)N[C@@H](CO)C(=O)N[C@@H](CO)C(=O)N[C@H](C(=O)N[C@H](C(=O)N[C@@H](CO)C(=O)N[C@@H](CCCNC(=N)N)C(=O)N[C@@H](CCC(=O)O)C(=O)O)C(C)C)C(C)C. The molecule has 1 aromatic rings. The fraction of sp³-hybridized carbons (Fsp3) is 0.622. The lowest BCUT2D eigenvalue weighted by Gasteiger charge is -2.30. The van der Waals surface area contributed by atoms with Crippen molar-refractivity contribution in [1.82, 2.24) is 95.7 Å². The van der Waals surface area contributed by atoms with E-state index in [-0.39, 0.29) is 37.1 Å². The predicted molar refractivity (Wildman–Crippen MR) is 449 cm³/mol. The average Bonchev–Trinajstić information content (AvgIpc) is 0.933. The summed E-state index contributed by atoms with van der Waals surface area (Å²) in [5.41, 5.74) is 21.6. The number of nitrogens with two attached hydrogens (primary N) is 4. The van der Waals surface area contributed by atoms with Gasteiger partial charge in [-0.05, 0) is 61.6 Å². The molecule has 0 heterocycles. The van der Waals surface area contributed by atoms with Gasteiger partial charge < -0.3 is 175 Å². The first-order valence-corrected chi connectivity index (χ1v) is 40.9. The van der Waals surface area contributed by atoms with Crippen LogP contribution in [-0.4, -0.2) is 360 Å². The van der Waals surface area contributed by atoms with Crippen LogP contribution in [0, 0.1) is 23.2 Å². The number of thiol groups is 1. The zero-order chi connectivity index (χ0) is 99.3. The number of phenolic OH excluding ortho intramolecular Hbond substituents is 1. The molecule has 0 aliphatic carbocycles. The summed E-state index contributed by atoms with van der Waals surface area (Å²) in [5, 5.41) is 157. The molecule has 130 heavy (non-hydrogen) atoms. The summed E-state index contributed by atoms with van der Waals surface area (Å²) in [7, 11) is 0. The van der Waals surface area contributed by atoms with Gasteiger partial charge in [-0.1, -0.05) is 60.1 Å². The van der Waals surface area contributed by atoms with E-state index >= 15 is 0 Å². The highest BCUT2D eigenvalue weighted by molar-refractivity contribution is 7.80. The largest absolute Gasteiger partial charge is 0.508 e. The number of guanidine groups is 1. The van der Waals surface area contributed by atoms with Crippen LogP contribution in [-0.2, 0) is 107 Å². The molecule has 730 valence electrons. The molecule has 0 unspecified atom stereocenters. The third-order valence-electron chi connectivity index (χ3n) is 19.0. The second-order valence-electron chi connectivity index (χ2n) is 30.1. The third-order valence-corrected chi connectivity index (χ3v) is 19.4. The van der Waals surface area contributed by atoms with E-state index in [2.05, 4.69) is 87.1 Å². The number of aliphatic hydroxyl groups is 8. The molecule has 0 radical (unpaired) electrons. The zero-order valence-corrected chi connectivity index (χ0v) is 72.8. The van der Waals surface area contributed by atoms with Gasteiger partial charge in [0.2, 0.25) is 112 Å². The Hall–Kier alpha value is -12.8. The van der Waals surface area contributed by atoms with Gasteiger partial charge in [-0.15, -0.1) is 0 Å². The summed E-state index contributed by atoms with van der Waals surface area (Å²) in [6, 6.07) is -26.4. The number of carbonyl (C=O) groups is 21. The number of carbonyl (C=O) groups excluding carboxylic acids is 19. The van der Waals surface area contributed by atoms with Crippen molar-refractivity contribution in [3.63, 3.8) is 0 Å². The van der Waals surface area contributed by atoms with Crippen LogP contribution in [0.2, 0.25) is 0 Å². The fourth-order valence-corrected chi connectivity index (χ4v) is 11.6. The Balaban J connectivity index is 3.41. The number of aliphatic hydroxyl groups excluding tert-OH is 8. The Kier molecular flexibility index (Phi) is 51.9. The number of nitrogens with one attached hydrogen (secondary N) is 19. The van der Waals surface area contributed by atoms with E-state index in [1.165, 1.54) is 53.7 Å². The molecule has 1 rings (SSSR count). The molecular weight excluding hydrogens is 1760 g/mol. The molecule has 0 aliphatic rings. The van der Waals surface area contributed by atoms with Crippen LogP contribution in [0.4, 0.5) is 0 Å². The Bertz CT molecular complexity index is 4100. The summed E-state index contributed by atoms with van der Waals surface area (Å²) >= 11 is 3.96. The molecule has 0 aliphatic heterocycles. The molecule has 19 atom stereocenters. The van der Waals surface area contributed by atoms with Gasteiger partial charge in [-0.2, -0.15) is 12.6 Å². The molecule has 0 saturated carbocycles. The van der Waals surface area contributed by atoms with E-state index in [0.717, 1.165) is 19.1 Å². The lowest BCUT2D eigenvalue weighted by molar-refractivity contribution is -0.143. The van der Waals surface area contributed by atoms with Gasteiger partial charge in [0.1, 0.15) is 108 Å². The van der Waals surface area contributed by atoms with E-state index in [0.29, 0.717) is 0 Å². The number of carboxylic acids is 2. The van der Waals surface area contributed by atoms with Crippen LogP contribution in [0.5, 0.6) is 5.75 Å². The number of rotatable bonds is 61. The van der Waals surface area contributed by atoms with Crippen LogP contribution >= 0.6 is 12.6 Å².